The minimum Gasteiger partial charge on any atom is -0.475 e. The molecule has 1 fully saturated rings. The lowest BCUT2D eigenvalue weighted by Gasteiger charge is -2.22. The zero-order valence-corrected chi connectivity index (χ0v) is 13.4. The number of carboxylic acid groups (broad SMARTS) is 1. The number of sulfonamides is 1. The summed E-state index contributed by atoms with van der Waals surface area (Å²) in [7, 11) is -3.70. The molecule has 0 bridgehead atoms. The van der Waals surface area contributed by atoms with Crippen LogP contribution in [-0.4, -0.2) is 36.9 Å². The monoisotopic (exact) mass is 315 g/mol. The van der Waals surface area contributed by atoms with E-state index in [9.17, 15) is 13.2 Å². The summed E-state index contributed by atoms with van der Waals surface area (Å²) in [5, 5.41) is 8.91. The number of nitrogens with zero attached hydrogens (tertiary/aromatic N) is 1. The molecule has 0 spiro atoms. The molecule has 7 heteroatoms. The van der Waals surface area contributed by atoms with Gasteiger partial charge in [-0.25, -0.2) is 13.2 Å². The average Bonchev–Trinajstić information content (AvgIpc) is 2.66. The molecule has 1 N–H and O–H groups in total. The molecule has 6 nitrogen and oxygen atoms in total. The highest BCUT2D eigenvalue weighted by Gasteiger charge is 2.33. The van der Waals surface area contributed by atoms with Gasteiger partial charge in [0.05, 0.1) is 0 Å². The highest BCUT2D eigenvalue weighted by Crippen LogP contribution is 2.32. The Kier molecular flexibility index (Phi) is 4.17. The van der Waals surface area contributed by atoms with Gasteiger partial charge in [-0.05, 0) is 31.6 Å². The summed E-state index contributed by atoms with van der Waals surface area (Å²) in [5.74, 6) is -1.49. The van der Waals surface area contributed by atoms with Gasteiger partial charge >= 0.3 is 5.97 Å². The summed E-state index contributed by atoms with van der Waals surface area (Å²) in [6.45, 7) is 6.64. The SMILES string of the molecule is Cc1oc(C(=O)O)cc1S(=O)(=O)N1CCCC(C)(C)CC1. The van der Waals surface area contributed by atoms with Crippen LogP contribution in [0.1, 0.15) is 49.4 Å². The lowest BCUT2D eigenvalue weighted by Crippen LogP contribution is -2.32. The van der Waals surface area contributed by atoms with E-state index in [1.54, 1.807) is 0 Å². The van der Waals surface area contributed by atoms with E-state index in [0.29, 0.717) is 13.1 Å². The van der Waals surface area contributed by atoms with Gasteiger partial charge in [-0.1, -0.05) is 13.8 Å². The fraction of sp³-hybridized carbons (Fsp3) is 0.643. The van der Waals surface area contributed by atoms with Gasteiger partial charge in [-0.3, -0.25) is 0 Å². The molecule has 1 aliphatic heterocycles. The first-order valence-corrected chi connectivity index (χ1v) is 8.41. The minimum absolute atomic E-state index is 0.0420. The van der Waals surface area contributed by atoms with Crippen molar-refractivity contribution >= 4 is 16.0 Å². The molecule has 1 aromatic heterocycles. The highest BCUT2D eigenvalue weighted by molar-refractivity contribution is 7.89. The Bertz CT molecular complexity index is 644. The summed E-state index contributed by atoms with van der Waals surface area (Å²) in [4.78, 5) is 10.9. The molecular formula is C14H21NO5S. The van der Waals surface area contributed by atoms with Crippen molar-refractivity contribution in [2.45, 2.75) is 44.9 Å². The van der Waals surface area contributed by atoms with E-state index in [-0.39, 0.29) is 21.8 Å². The number of hydrogen-bond donors (Lipinski definition) is 1. The van der Waals surface area contributed by atoms with Crippen molar-refractivity contribution in [1.82, 2.24) is 4.31 Å². The molecule has 0 radical (unpaired) electrons. The molecular weight excluding hydrogens is 294 g/mol. The van der Waals surface area contributed by atoms with Gasteiger partial charge < -0.3 is 9.52 Å². The molecule has 0 amide bonds. The summed E-state index contributed by atoms with van der Waals surface area (Å²) in [6.07, 6.45) is 2.56. The maximum Gasteiger partial charge on any atom is 0.371 e. The van der Waals surface area contributed by atoms with Gasteiger partial charge in [0.25, 0.3) is 0 Å². The van der Waals surface area contributed by atoms with Crippen LogP contribution in [0.4, 0.5) is 0 Å². The minimum atomic E-state index is -3.70. The second kappa shape index (κ2) is 5.46. The number of furan rings is 1. The maximum atomic E-state index is 12.7. The van der Waals surface area contributed by atoms with Crippen LogP contribution in [0.3, 0.4) is 0 Å². The van der Waals surface area contributed by atoms with Crippen LogP contribution in [0.5, 0.6) is 0 Å². The van der Waals surface area contributed by atoms with Crippen molar-refractivity contribution in [2.75, 3.05) is 13.1 Å². The van der Waals surface area contributed by atoms with Crippen molar-refractivity contribution in [2.24, 2.45) is 5.41 Å². The first-order chi connectivity index (χ1) is 9.63. The zero-order chi connectivity index (χ0) is 15.8. The highest BCUT2D eigenvalue weighted by atomic mass is 32.2. The van der Waals surface area contributed by atoms with Gasteiger partial charge in [0.2, 0.25) is 15.8 Å². The Morgan fingerprint density at radius 1 is 1.33 bits per heavy atom. The number of rotatable bonds is 3. The fourth-order valence-corrected chi connectivity index (χ4v) is 4.24. The van der Waals surface area contributed by atoms with Gasteiger partial charge in [0.15, 0.2) is 0 Å². The first-order valence-electron chi connectivity index (χ1n) is 6.97. The van der Waals surface area contributed by atoms with E-state index in [1.165, 1.54) is 11.2 Å². The average molecular weight is 315 g/mol. The number of aromatic carboxylic acids is 1. The normalized spacial score (nSPS) is 20.1. The van der Waals surface area contributed by atoms with Gasteiger partial charge in [-0.2, -0.15) is 4.31 Å². The molecule has 0 aliphatic carbocycles. The summed E-state index contributed by atoms with van der Waals surface area (Å²) in [5.41, 5.74) is 0.127. The number of carbonyl (C=O) groups is 1. The number of hydrogen-bond acceptors (Lipinski definition) is 4. The van der Waals surface area contributed by atoms with Gasteiger partial charge in [0.1, 0.15) is 10.7 Å². The largest absolute Gasteiger partial charge is 0.475 e. The van der Waals surface area contributed by atoms with Crippen molar-refractivity contribution in [3.8, 4) is 0 Å². The molecule has 0 atom stereocenters. The Morgan fingerprint density at radius 3 is 2.57 bits per heavy atom. The van der Waals surface area contributed by atoms with Crippen molar-refractivity contribution in [3.05, 3.63) is 17.6 Å². The molecule has 0 unspecified atom stereocenters. The lowest BCUT2D eigenvalue weighted by atomic mass is 9.85. The molecule has 0 saturated carbocycles. The topological polar surface area (TPSA) is 87.8 Å². The van der Waals surface area contributed by atoms with Crippen LogP contribution >= 0.6 is 0 Å². The summed E-state index contributed by atoms with van der Waals surface area (Å²) >= 11 is 0. The van der Waals surface area contributed by atoms with Crippen LogP contribution in [0.25, 0.3) is 0 Å². The van der Waals surface area contributed by atoms with Crippen molar-refractivity contribution in [3.63, 3.8) is 0 Å². The molecule has 1 aromatic rings. The van der Waals surface area contributed by atoms with Crippen LogP contribution < -0.4 is 0 Å². The molecule has 2 heterocycles. The quantitative estimate of drug-likeness (QED) is 0.926. The molecule has 118 valence electrons. The predicted octanol–water partition coefficient (Wildman–Crippen LogP) is 2.49. The smallest absolute Gasteiger partial charge is 0.371 e. The van der Waals surface area contributed by atoms with E-state index >= 15 is 0 Å². The molecule has 1 saturated heterocycles. The number of aryl methyl sites for hydroxylation is 1. The van der Waals surface area contributed by atoms with Crippen LogP contribution in [-0.2, 0) is 10.0 Å². The van der Waals surface area contributed by atoms with Crippen LogP contribution in [0.15, 0.2) is 15.4 Å². The third-order valence-electron chi connectivity index (χ3n) is 4.00. The third-order valence-corrected chi connectivity index (χ3v) is 6.01. The first kappa shape index (κ1) is 16.0. The predicted molar refractivity (Wildman–Crippen MR) is 76.8 cm³/mol. The maximum absolute atomic E-state index is 12.7. The van der Waals surface area contributed by atoms with E-state index < -0.39 is 16.0 Å². The summed E-state index contributed by atoms with van der Waals surface area (Å²) < 4.78 is 31.8. The van der Waals surface area contributed by atoms with E-state index in [1.807, 2.05) is 0 Å². The second-order valence-corrected chi connectivity index (χ2v) is 8.16. The Hall–Kier alpha value is -1.34. The number of carboxylic acids is 1. The molecule has 21 heavy (non-hydrogen) atoms. The van der Waals surface area contributed by atoms with Crippen LogP contribution in [0.2, 0.25) is 0 Å². The van der Waals surface area contributed by atoms with Crippen LogP contribution in [0, 0.1) is 12.3 Å². The van der Waals surface area contributed by atoms with Gasteiger partial charge in [-0.15, -0.1) is 0 Å². The van der Waals surface area contributed by atoms with Gasteiger partial charge in [0, 0.05) is 19.2 Å². The Morgan fingerprint density at radius 2 is 2.00 bits per heavy atom. The van der Waals surface area contributed by atoms with E-state index in [0.717, 1.165) is 25.3 Å². The van der Waals surface area contributed by atoms with E-state index in [4.69, 9.17) is 9.52 Å². The molecule has 2 rings (SSSR count). The van der Waals surface area contributed by atoms with Crippen molar-refractivity contribution < 1.29 is 22.7 Å². The van der Waals surface area contributed by atoms with Crippen molar-refractivity contribution in [1.29, 1.82) is 0 Å². The Labute approximate surface area is 124 Å². The summed E-state index contributed by atoms with van der Waals surface area (Å²) in [6, 6.07) is 1.10. The lowest BCUT2D eigenvalue weighted by molar-refractivity contribution is 0.0661. The molecule has 0 aromatic carbocycles. The standard InChI is InChI=1S/C14H21NO5S/c1-10-12(9-11(20-10)13(16)17)21(18,19)15-7-4-5-14(2,3)6-8-15/h9H,4-8H2,1-3H3,(H,16,17). The van der Waals surface area contributed by atoms with E-state index in [2.05, 4.69) is 13.8 Å². The molecule has 1 aliphatic rings. The third kappa shape index (κ3) is 3.29. The second-order valence-electron chi connectivity index (χ2n) is 6.26. The Balaban J connectivity index is 2.31. The zero-order valence-electron chi connectivity index (χ0n) is 12.5. The fourth-order valence-electron chi connectivity index (χ4n) is 2.60.